The standard InChI is InChI=1S/C19H29BrN4O/c1-13(2)17-16(20)18(23-22-17)19(25)21-15-9-6-10-24(12-15)11-14-7-4-3-5-8-14/h3-5,7-8,13,15-18,22-23H,6,9-12H2,1-2H3,(H,21,25). The molecule has 4 unspecified atom stereocenters. The first-order valence-electron chi connectivity index (χ1n) is 9.26. The number of likely N-dealkylation sites (tertiary alicyclic amines) is 1. The zero-order chi connectivity index (χ0) is 17.8. The van der Waals surface area contributed by atoms with Gasteiger partial charge in [-0.05, 0) is 30.9 Å². The molecule has 3 rings (SSSR count). The molecule has 2 aliphatic rings. The number of hydrazine groups is 1. The van der Waals surface area contributed by atoms with Crippen molar-refractivity contribution < 1.29 is 4.79 Å². The number of carbonyl (C=O) groups is 1. The molecule has 1 amide bonds. The average molecular weight is 409 g/mol. The van der Waals surface area contributed by atoms with E-state index in [1.165, 1.54) is 5.56 Å². The predicted molar refractivity (Wildman–Crippen MR) is 104 cm³/mol. The fourth-order valence-electron chi connectivity index (χ4n) is 3.75. The van der Waals surface area contributed by atoms with Gasteiger partial charge in [-0.3, -0.25) is 15.1 Å². The molecular weight excluding hydrogens is 380 g/mol. The van der Waals surface area contributed by atoms with Gasteiger partial charge in [-0.25, -0.2) is 5.43 Å². The van der Waals surface area contributed by atoms with Gasteiger partial charge in [0.2, 0.25) is 5.91 Å². The van der Waals surface area contributed by atoms with Crippen molar-refractivity contribution in [1.82, 2.24) is 21.1 Å². The van der Waals surface area contributed by atoms with Crippen LogP contribution in [0.25, 0.3) is 0 Å². The van der Waals surface area contributed by atoms with Crippen LogP contribution in [0.5, 0.6) is 0 Å². The highest BCUT2D eigenvalue weighted by Gasteiger charge is 2.40. The molecule has 2 heterocycles. The summed E-state index contributed by atoms with van der Waals surface area (Å²) in [6.07, 6.45) is 2.18. The molecule has 3 N–H and O–H groups in total. The first kappa shape index (κ1) is 18.8. The Kier molecular flexibility index (Phi) is 6.49. The maximum absolute atomic E-state index is 12.7. The zero-order valence-corrected chi connectivity index (χ0v) is 16.6. The van der Waals surface area contributed by atoms with E-state index in [-0.39, 0.29) is 28.9 Å². The zero-order valence-electron chi connectivity index (χ0n) is 15.0. The van der Waals surface area contributed by atoms with Crippen LogP contribution in [0.3, 0.4) is 0 Å². The van der Waals surface area contributed by atoms with Gasteiger partial charge in [-0.1, -0.05) is 60.1 Å². The third kappa shape index (κ3) is 4.82. The van der Waals surface area contributed by atoms with Crippen LogP contribution in [0.1, 0.15) is 32.3 Å². The number of piperidine rings is 1. The molecule has 2 fully saturated rings. The second-order valence-corrected chi connectivity index (χ2v) is 8.61. The van der Waals surface area contributed by atoms with Gasteiger partial charge in [0.1, 0.15) is 6.04 Å². The lowest BCUT2D eigenvalue weighted by atomic mass is 9.98. The summed E-state index contributed by atoms with van der Waals surface area (Å²) in [5, 5.41) is 3.25. The van der Waals surface area contributed by atoms with E-state index in [0.29, 0.717) is 5.92 Å². The molecule has 0 aliphatic carbocycles. The Morgan fingerprint density at radius 2 is 2.08 bits per heavy atom. The van der Waals surface area contributed by atoms with E-state index < -0.39 is 0 Å². The average Bonchev–Trinajstić information content (AvgIpc) is 2.98. The number of nitrogens with one attached hydrogen (secondary N) is 3. The van der Waals surface area contributed by atoms with Gasteiger partial charge in [0.15, 0.2) is 0 Å². The molecule has 2 saturated heterocycles. The molecule has 1 aromatic carbocycles. The smallest absolute Gasteiger partial charge is 0.239 e. The Hall–Kier alpha value is -0.950. The molecule has 138 valence electrons. The Balaban J connectivity index is 1.51. The molecule has 25 heavy (non-hydrogen) atoms. The molecular formula is C19H29BrN4O. The fraction of sp³-hybridized carbons (Fsp3) is 0.632. The number of amides is 1. The van der Waals surface area contributed by atoms with Gasteiger partial charge in [0.25, 0.3) is 0 Å². The van der Waals surface area contributed by atoms with E-state index in [1.807, 2.05) is 6.07 Å². The number of hydrogen-bond acceptors (Lipinski definition) is 4. The van der Waals surface area contributed by atoms with Crippen LogP contribution in [0, 0.1) is 5.92 Å². The van der Waals surface area contributed by atoms with E-state index in [4.69, 9.17) is 0 Å². The number of carbonyl (C=O) groups excluding carboxylic acids is 1. The Bertz CT molecular complexity index is 568. The van der Waals surface area contributed by atoms with Gasteiger partial charge in [-0.15, -0.1) is 0 Å². The predicted octanol–water partition coefficient (Wildman–Crippen LogP) is 2.03. The second-order valence-electron chi connectivity index (χ2n) is 7.55. The van der Waals surface area contributed by atoms with Gasteiger partial charge in [0.05, 0.1) is 4.83 Å². The molecule has 0 aromatic heterocycles. The quantitative estimate of drug-likeness (QED) is 0.652. The largest absolute Gasteiger partial charge is 0.351 e. The number of benzene rings is 1. The van der Waals surface area contributed by atoms with Gasteiger partial charge in [-0.2, -0.15) is 0 Å². The minimum Gasteiger partial charge on any atom is -0.351 e. The molecule has 0 bridgehead atoms. The summed E-state index contributed by atoms with van der Waals surface area (Å²) in [4.78, 5) is 15.2. The number of halogens is 1. The third-order valence-corrected chi connectivity index (χ3v) is 6.27. The number of hydrogen-bond donors (Lipinski definition) is 3. The van der Waals surface area contributed by atoms with Crippen molar-refractivity contribution in [3.05, 3.63) is 35.9 Å². The monoisotopic (exact) mass is 408 g/mol. The van der Waals surface area contributed by atoms with E-state index in [1.54, 1.807) is 0 Å². The van der Waals surface area contributed by atoms with Gasteiger partial charge in [0, 0.05) is 25.2 Å². The summed E-state index contributed by atoms with van der Waals surface area (Å²) in [6, 6.07) is 10.8. The van der Waals surface area contributed by atoms with E-state index >= 15 is 0 Å². The summed E-state index contributed by atoms with van der Waals surface area (Å²) in [6.45, 7) is 7.29. The number of alkyl halides is 1. The van der Waals surface area contributed by atoms with E-state index in [0.717, 1.165) is 32.5 Å². The fourth-order valence-corrected chi connectivity index (χ4v) is 4.86. The van der Waals surface area contributed by atoms with Gasteiger partial charge < -0.3 is 5.32 Å². The Labute approximate surface area is 159 Å². The van der Waals surface area contributed by atoms with Gasteiger partial charge >= 0.3 is 0 Å². The lowest BCUT2D eigenvalue weighted by Crippen LogP contribution is -2.53. The molecule has 0 radical (unpaired) electrons. The molecule has 6 heteroatoms. The van der Waals surface area contributed by atoms with Crippen molar-refractivity contribution in [2.75, 3.05) is 13.1 Å². The van der Waals surface area contributed by atoms with Crippen LogP contribution < -0.4 is 16.2 Å². The number of nitrogens with zero attached hydrogens (tertiary/aromatic N) is 1. The van der Waals surface area contributed by atoms with Crippen molar-refractivity contribution in [3.63, 3.8) is 0 Å². The lowest BCUT2D eigenvalue weighted by molar-refractivity contribution is -0.123. The molecule has 5 nitrogen and oxygen atoms in total. The minimum absolute atomic E-state index is 0.0871. The van der Waals surface area contributed by atoms with Crippen LogP contribution >= 0.6 is 15.9 Å². The summed E-state index contributed by atoms with van der Waals surface area (Å²) >= 11 is 3.70. The summed E-state index contributed by atoms with van der Waals surface area (Å²) in [7, 11) is 0. The summed E-state index contributed by atoms with van der Waals surface area (Å²) < 4.78 is 0. The first-order chi connectivity index (χ1) is 12.0. The Morgan fingerprint density at radius 1 is 1.32 bits per heavy atom. The van der Waals surface area contributed by atoms with Crippen molar-refractivity contribution >= 4 is 21.8 Å². The maximum atomic E-state index is 12.7. The van der Waals surface area contributed by atoms with Crippen LogP contribution in [0.15, 0.2) is 30.3 Å². The van der Waals surface area contributed by atoms with Crippen molar-refractivity contribution in [3.8, 4) is 0 Å². The normalized spacial score (nSPS) is 30.6. The summed E-state index contributed by atoms with van der Waals surface area (Å²) in [5.74, 6) is 0.551. The van der Waals surface area contributed by atoms with Crippen LogP contribution in [0.4, 0.5) is 0 Å². The van der Waals surface area contributed by atoms with E-state index in [2.05, 4.69) is 75.1 Å². The highest BCUT2D eigenvalue weighted by Crippen LogP contribution is 2.22. The molecule has 0 spiro atoms. The van der Waals surface area contributed by atoms with Crippen LogP contribution in [-0.4, -0.2) is 46.8 Å². The highest BCUT2D eigenvalue weighted by atomic mass is 79.9. The second kappa shape index (κ2) is 8.62. The topological polar surface area (TPSA) is 56.4 Å². The lowest BCUT2D eigenvalue weighted by Gasteiger charge is -2.34. The third-order valence-electron chi connectivity index (χ3n) is 5.17. The first-order valence-corrected chi connectivity index (χ1v) is 10.2. The molecule has 0 saturated carbocycles. The minimum atomic E-state index is -0.225. The van der Waals surface area contributed by atoms with E-state index in [9.17, 15) is 4.79 Å². The summed E-state index contributed by atoms with van der Waals surface area (Å²) in [5.41, 5.74) is 7.73. The molecule has 4 atom stereocenters. The van der Waals surface area contributed by atoms with Crippen molar-refractivity contribution in [2.24, 2.45) is 5.92 Å². The van der Waals surface area contributed by atoms with Crippen LogP contribution in [-0.2, 0) is 11.3 Å². The number of rotatable bonds is 5. The van der Waals surface area contributed by atoms with Crippen molar-refractivity contribution in [2.45, 2.75) is 56.2 Å². The molecule has 1 aromatic rings. The Morgan fingerprint density at radius 3 is 2.76 bits per heavy atom. The SMILES string of the molecule is CC(C)C1NNC(C(=O)NC2CCCN(Cc3ccccc3)C2)C1Br. The van der Waals surface area contributed by atoms with Crippen LogP contribution in [0.2, 0.25) is 0 Å². The van der Waals surface area contributed by atoms with Crippen molar-refractivity contribution in [1.29, 1.82) is 0 Å². The highest BCUT2D eigenvalue weighted by molar-refractivity contribution is 9.09. The molecule has 2 aliphatic heterocycles. The maximum Gasteiger partial charge on any atom is 0.239 e.